The Bertz CT molecular complexity index is 609. The molecule has 0 spiro atoms. The smallest absolute Gasteiger partial charge is 0.165 e. The molecule has 0 bridgehead atoms. The molecule has 1 aliphatic rings. The molecule has 0 saturated heterocycles. The number of hydrogen-bond acceptors (Lipinski definition) is 3. The fourth-order valence-electron chi connectivity index (χ4n) is 2.93. The van der Waals surface area contributed by atoms with Crippen molar-refractivity contribution in [3.63, 3.8) is 0 Å². The number of aryl methyl sites for hydroxylation is 1. The predicted molar refractivity (Wildman–Crippen MR) is 84.8 cm³/mol. The summed E-state index contributed by atoms with van der Waals surface area (Å²) in [4.78, 5) is 8.88. The molecule has 21 heavy (non-hydrogen) atoms. The predicted octanol–water partition coefficient (Wildman–Crippen LogP) is 4.71. The standard InChI is InChI=1S/C15H18Cl2N4/c1-2-7-21-9-11(8-18-21)15-19-13(16)12(14(17)20-15)10-5-3-4-6-10/h8-10H,2-7H2,1H3. The highest BCUT2D eigenvalue weighted by molar-refractivity contribution is 6.34. The van der Waals surface area contributed by atoms with Crippen LogP contribution in [0, 0.1) is 0 Å². The van der Waals surface area contributed by atoms with Crippen LogP contribution in [0.2, 0.25) is 10.3 Å². The molecule has 0 unspecified atom stereocenters. The van der Waals surface area contributed by atoms with E-state index in [1.54, 1.807) is 6.20 Å². The zero-order valence-corrected chi connectivity index (χ0v) is 13.5. The lowest BCUT2D eigenvalue weighted by molar-refractivity contribution is 0.603. The van der Waals surface area contributed by atoms with Gasteiger partial charge >= 0.3 is 0 Å². The van der Waals surface area contributed by atoms with Crippen molar-refractivity contribution in [2.75, 3.05) is 0 Å². The maximum Gasteiger partial charge on any atom is 0.165 e. The molecule has 6 heteroatoms. The first kappa shape index (κ1) is 14.8. The van der Waals surface area contributed by atoms with Crippen molar-refractivity contribution in [2.24, 2.45) is 0 Å². The fraction of sp³-hybridized carbons (Fsp3) is 0.533. The van der Waals surface area contributed by atoms with Crippen LogP contribution in [0.15, 0.2) is 12.4 Å². The van der Waals surface area contributed by atoms with E-state index in [-0.39, 0.29) is 0 Å². The second-order valence-electron chi connectivity index (χ2n) is 5.52. The normalized spacial score (nSPS) is 15.8. The first-order chi connectivity index (χ1) is 10.2. The minimum absolute atomic E-state index is 0.405. The van der Waals surface area contributed by atoms with Gasteiger partial charge in [-0.05, 0) is 25.2 Å². The molecule has 0 radical (unpaired) electrons. The zero-order chi connectivity index (χ0) is 14.8. The van der Waals surface area contributed by atoms with E-state index >= 15 is 0 Å². The van der Waals surface area contributed by atoms with E-state index in [0.29, 0.717) is 22.0 Å². The van der Waals surface area contributed by atoms with E-state index in [9.17, 15) is 0 Å². The Labute approximate surface area is 134 Å². The fourth-order valence-corrected chi connectivity index (χ4v) is 3.62. The molecule has 3 rings (SSSR count). The molecule has 0 amide bonds. The summed E-state index contributed by atoms with van der Waals surface area (Å²) >= 11 is 12.7. The van der Waals surface area contributed by atoms with Gasteiger partial charge in [0.05, 0.1) is 11.8 Å². The number of halogens is 2. The summed E-state index contributed by atoms with van der Waals surface area (Å²) in [5.41, 5.74) is 1.77. The van der Waals surface area contributed by atoms with E-state index in [4.69, 9.17) is 23.2 Å². The molecule has 0 aliphatic heterocycles. The van der Waals surface area contributed by atoms with Crippen LogP contribution in [0.1, 0.15) is 50.5 Å². The molecule has 2 aromatic heterocycles. The summed E-state index contributed by atoms with van der Waals surface area (Å²) < 4.78 is 1.88. The third kappa shape index (κ3) is 3.06. The van der Waals surface area contributed by atoms with Crippen LogP contribution in [0.5, 0.6) is 0 Å². The Hall–Kier alpha value is -1.13. The lowest BCUT2D eigenvalue weighted by atomic mass is 10.0. The van der Waals surface area contributed by atoms with E-state index in [0.717, 1.165) is 36.9 Å². The van der Waals surface area contributed by atoms with Gasteiger partial charge in [0.2, 0.25) is 0 Å². The van der Waals surface area contributed by atoms with Crippen molar-refractivity contribution >= 4 is 23.2 Å². The minimum atomic E-state index is 0.405. The molecule has 0 N–H and O–H groups in total. The molecular weight excluding hydrogens is 307 g/mol. The van der Waals surface area contributed by atoms with Crippen LogP contribution in [0.3, 0.4) is 0 Å². The number of rotatable bonds is 4. The monoisotopic (exact) mass is 324 g/mol. The van der Waals surface area contributed by atoms with Crippen molar-refractivity contribution in [2.45, 2.75) is 51.5 Å². The lowest BCUT2D eigenvalue weighted by Gasteiger charge is -2.13. The van der Waals surface area contributed by atoms with E-state index in [1.807, 2.05) is 10.9 Å². The SMILES string of the molecule is CCCn1cc(-c2nc(Cl)c(C3CCCC3)c(Cl)n2)cn1. The number of hydrogen-bond donors (Lipinski definition) is 0. The van der Waals surface area contributed by atoms with Crippen molar-refractivity contribution < 1.29 is 0 Å². The molecule has 2 aromatic rings. The van der Waals surface area contributed by atoms with Gasteiger partial charge in [0, 0.05) is 18.3 Å². The molecule has 1 saturated carbocycles. The molecule has 2 heterocycles. The highest BCUT2D eigenvalue weighted by Gasteiger charge is 2.24. The van der Waals surface area contributed by atoms with Gasteiger partial charge in [-0.3, -0.25) is 4.68 Å². The maximum absolute atomic E-state index is 6.37. The molecule has 1 fully saturated rings. The highest BCUT2D eigenvalue weighted by Crippen LogP contribution is 2.40. The summed E-state index contributed by atoms with van der Waals surface area (Å²) in [5, 5.41) is 5.26. The van der Waals surface area contributed by atoms with Gasteiger partial charge < -0.3 is 0 Å². The van der Waals surface area contributed by atoms with Crippen molar-refractivity contribution in [3.05, 3.63) is 28.3 Å². The van der Waals surface area contributed by atoms with Crippen LogP contribution in [0.4, 0.5) is 0 Å². The van der Waals surface area contributed by atoms with E-state index in [2.05, 4.69) is 22.0 Å². The largest absolute Gasteiger partial charge is 0.272 e. The average molecular weight is 325 g/mol. The van der Waals surface area contributed by atoms with Gasteiger partial charge in [-0.2, -0.15) is 5.10 Å². The lowest BCUT2D eigenvalue weighted by Crippen LogP contribution is -2.01. The molecule has 0 atom stereocenters. The Morgan fingerprint density at radius 1 is 1.19 bits per heavy atom. The number of nitrogens with zero attached hydrogens (tertiary/aromatic N) is 4. The summed E-state index contributed by atoms with van der Waals surface area (Å²) in [6.07, 6.45) is 9.41. The first-order valence-corrected chi connectivity index (χ1v) is 8.20. The summed E-state index contributed by atoms with van der Waals surface area (Å²) in [6.45, 7) is 2.99. The van der Waals surface area contributed by atoms with Gasteiger partial charge in [-0.25, -0.2) is 9.97 Å². The van der Waals surface area contributed by atoms with Crippen LogP contribution >= 0.6 is 23.2 Å². The van der Waals surface area contributed by atoms with Crippen LogP contribution in [-0.4, -0.2) is 19.7 Å². The average Bonchev–Trinajstić information content (AvgIpc) is 3.09. The second kappa shape index (κ2) is 6.32. The van der Waals surface area contributed by atoms with Crippen molar-refractivity contribution in [1.82, 2.24) is 19.7 Å². The Morgan fingerprint density at radius 2 is 1.86 bits per heavy atom. The highest BCUT2D eigenvalue weighted by atomic mass is 35.5. The number of aromatic nitrogens is 4. The van der Waals surface area contributed by atoms with Gasteiger partial charge in [-0.15, -0.1) is 0 Å². The second-order valence-corrected chi connectivity index (χ2v) is 6.23. The van der Waals surface area contributed by atoms with Gasteiger partial charge in [0.25, 0.3) is 0 Å². The van der Waals surface area contributed by atoms with Crippen LogP contribution in [0.25, 0.3) is 11.4 Å². The Kier molecular flexibility index (Phi) is 4.45. The summed E-state index contributed by atoms with van der Waals surface area (Å²) in [5.74, 6) is 0.955. The molecular formula is C15H18Cl2N4. The van der Waals surface area contributed by atoms with Crippen LogP contribution in [-0.2, 0) is 6.54 Å². The molecule has 4 nitrogen and oxygen atoms in total. The van der Waals surface area contributed by atoms with Gasteiger partial charge in [0.1, 0.15) is 10.3 Å². The van der Waals surface area contributed by atoms with Crippen molar-refractivity contribution in [3.8, 4) is 11.4 Å². The van der Waals surface area contributed by atoms with E-state index < -0.39 is 0 Å². The van der Waals surface area contributed by atoms with Gasteiger partial charge in [0.15, 0.2) is 5.82 Å². The third-order valence-electron chi connectivity index (χ3n) is 3.96. The Morgan fingerprint density at radius 3 is 2.48 bits per heavy atom. The van der Waals surface area contributed by atoms with Gasteiger partial charge in [-0.1, -0.05) is 43.0 Å². The molecule has 0 aromatic carbocycles. The molecule has 1 aliphatic carbocycles. The quantitative estimate of drug-likeness (QED) is 0.764. The summed E-state index contributed by atoms with van der Waals surface area (Å²) in [6, 6.07) is 0. The maximum atomic E-state index is 6.37. The Balaban J connectivity index is 1.93. The minimum Gasteiger partial charge on any atom is -0.272 e. The van der Waals surface area contributed by atoms with E-state index in [1.165, 1.54) is 12.8 Å². The first-order valence-electron chi connectivity index (χ1n) is 7.44. The van der Waals surface area contributed by atoms with Crippen LogP contribution < -0.4 is 0 Å². The summed E-state index contributed by atoms with van der Waals surface area (Å²) in [7, 11) is 0. The third-order valence-corrected chi connectivity index (χ3v) is 4.54. The zero-order valence-electron chi connectivity index (χ0n) is 12.0. The molecule has 112 valence electrons. The topological polar surface area (TPSA) is 43.6 Å². The van der Waals surface area contributed by atoms with Crippen molar-refractivity contribution in [1.29, 1.82) is 0 Å².